The summed E-state index contributed by atoms with van der Waals surface area (Å²) in [4.78, 5) is 10.4. The Balaban J connectivity index is 1.45. The predicted octanol–water partition coefficient (Wildman–Crippen LogP) is 1.67. The molecule has 2 atom stereocenters. The molecule has 8 nitrogen and oxygen atoms in total. The average Bonchev–Trinajstić information content (AvgIpc) is 3.26. The Hall–Kier alpha value is -2.55. The van der Waals surface area contributed by atoms with E-state index < -0.39 is 6.17 Å². The number of rotatable bonds is 5. The van der Waals surface area contributed by atoms with E-state index in [4.69, 9.17) is 4.52 Å². The van der Waals surface area contributed by atoms with Crippen LogP contribution in [-0.2, 0) is 6.54 Å². The minimum absolute atomic E-state index is 0.0577. The lowest BCUT2D eigenvalue weighted by Crippen LogP contribution is -2.34. The number of H-pyrrole nitrogens is 1. The van der Waals surface area contributed by atoms with Gasteiger partial charge < -0.3 is 9.84 Å². The van der Waals surface area contributed by atoms with Crippen molar-refractivity contribution in [2.75, 3.05) is 18.4 Å². The van der Waals surface area contributed by atoms with Crippen LogP contribution >= 0.6 is 0 Å². The minimum Gasteiger partial charge on any atom is -0.368 e. The van der Waals surface area contributed by atoms with E-state index >= 15 is 0 Å². The van der Waals surface area contributed by atoms with Crippen molar-refractivity contribution in [3.05, 3.63) is 30.0 Å². The third-order valence-corrected chi connectivity index (χ3v) is 4.27. The quantitative estimate of drug-likeness (QED) is 0.734. The fourth-order valence-electron chi connectivity index (χ4n) is 3.14. The molecular formula is C15H18FN7O. The van der Waals surface area contributed by atoms with Gasteiger partial charge in [0.25, 0.3) is 0 Å². The van der Waals surface area contributed by atoms with Gasteiger partial charge in [-0.25, -0.2) is 14.4 Å². The van der Waals surface area contributed by atoms with Crippen molar-refractivity contribution < 1.29 is 8.91 Å². The standard InChI is InChI=1S/C15H18FN7O/c1-9-2-12(24-22-9)7-23-6-10(16)3-11(23)4-17-14-13-5-20-21-15(13)19-8-18-14/h2,5,8,10-11H,3-4,6-7H2,1H3,(H2,17,18,19,20,21)/t10-,11-/m0/s1. The van der Waals surface area contributed by atoms with Crippen LogP contribution in [0, 0.1) is 6.92 Å². The molecule has 4 heterocycles. The lowest BCUT2D eigenvalue weighted by atomic mass is 10.2. The number of halogens is 1. The summed E-state index contributed by atoms with van der Waals surface area (Å²) < 4.78 is 19.2. The summed E-state index contributed by atoms with van der Waals surface area (Å²) in [6, 6.07) is 1.94. The van der Waals surface area contributed by atoms with Crippen molar-refractivity contribution in [2.45, 2.75) is 32.1 Å². The van der Waals surface area contributed by atoms with Gasteiger partial charge in [-0.1, -0.05) is 5.16 Å². The fraction of sp³-hybridized carbons (Fsp3) is 0.467. The summed E-state index contributed by atoms with van der Waals surface area (Å²) in [6.07, 6.45) is 2.81. The lowest BCUT2D eigenvalue weighted by molar-refractivity contribution is 0.213. The number of nitrogens with zero attached hydrogens (tertiary/aromatic N) is 5. The average molecular weight is 331 g/mol. The molecule has 1 saturated heterocycles. The van der Waals surface area contributed by atoms with Gasteiger partial charge in [-0.3, -0.25) is 10.00 Å². The van der Waals surface area contributed by atoms with E-state index in [0.717, 1.165) is 16.8 Å². The van der Waals surface area contributed by atoms with E-state index in [2.05, 4.69) is 35.5 Å². The number of aromatic nitrogens is 5. The first-order valence-electron chi connectivity index (χ1n) is 7.87. The molecule has 1 fully saturated rings. The lowest BCUT2D eigenvalue weighted by Gasteiger charge is -2.23. The van der Waals surface area contributed by atoms with Gasteiger partial charge >= 0.3 is 0 Å². The second kappa shape index (κ2) is 6.16. The molecule has 9 heteroatoms. The molecule has 1 aliphatic heterocycles. The molecule has 0 unspecified atom stereocenters. The molecule has 0 radical (unpaired) electrons. The van der Waals surface area contributed by atoms with Crippen LogP contribution in [0.3, 0.4) is 0 Å². The zero-order chi connectivity index (χ0) is 16.5. The molecule has 0 aliphatic carbocycles. The van der Waals surface area contributed by atoms with Crippen molar-refractivity contribution in [2.24, 2.45) is 0 Å². The molecule has 3 aromatic rings. The van der Waals surface area contributed by atoms with Crippen molar-refractivity contribution in [3.8, 4) is 0 Å². The summed E-state index contributed by atoms with van der Waals surface area (Å²) >= 11 is 0. The topological polar surface area (TPSA) is 95.8 Å². The number of aromatic amines is 1. The molecule has 1 aliphatic rings. The first-order chi connectivity index (χ1) is 11.7. The number of hydrogen-bond acceptors (Lipinski definition) is 7. The minimum atomic E-state index is -0.833. The monoisotopic (exact) mass is 331 g/mol. The van der Waals surface area contributed by atoms with E-state index in [1.54, 1.807) is 6.20 Å². The van der Waals surface area contributed by atoms with Gasteiger partial charge in [0, 0.05) is 25.2 Å². The van der Waals surface area contributed by atoms with Crippen LogP contribution in [0.5, 0.6) is 0 Å². The molecule has 4 rings (SSSR count). The Morgan fingerprint density at radius 2 is 2.38 bits per heavy atom. The van der Waals surface area contributed by atoms with Gasteiger partial charge in [-0.2, -0.15) is 5.10 Å². The van der Waals surface area contributed by atoms with Gasteiger partial charge in [0.15, 0.2) is 11.4 Å². The van der Waals surface area contributed by atoms with Gasteiger partial charge in [0.05, 0.1) is 23.8 Å². The van der Waals surface area contributed by atoms with Crippen LogP contribution < -0.4 is 5.32 Å². The fourth-order valence-corrected chi connectivity index (χ4v) is 3.14. The van der Waals surface area contributed by atoms with Crippen molar-refractivity contribution in [1.82, 2.24) is 30.2 Å². The second-order valence-corrected chi connectivity index (χ2v) is 6.09. The van der Waals surface area contributed by atoms with Crippen molar-refractivity contribution in [3.63, 3.8) is 0 Å². The van der Waals surface area contributed by atoms with Crippen molar-refractivity contribution >= 4 is 16.9 Å². The van der Waals surface area contributed by atoms with E-state index in [1.165, 1.54) is 6.33 Å². The SMILES string of the molecule is Cc1cc(CN2C[C@@H](F)C[C@H]2CNc2ncnc3[nH]ncc23)on1. The summed E-state index contributed by atoms with van der Waals surface area (Å²) in [7, 11) is 0. The summed E-state index contributed by atoms with van der Waals surface area (Å²) in [5.41, 5.74) is 1.51. The molecule has 0 spiro atoms. The van der Waals surface area contributed by atoms with Crippen LogP contribution in [0.2, 0.25) is 0 Å². The summed E-state index contributed by atoms with van der Waals surface area (Å²) in [5.74, 6) is 1.46. The maximum Gasteiger partial charge on any atom is 0.160 e. The van der Waals surface area contributed by atoms with Crippen LogP contribution in [0.15, 0.2) is 23.1 Å². The highest BCUT2D eigenvalue weighted by Crippen LogP contribution is 2.24. The first kappa shape index (κ1) is 15.0. The molecule has 2 N–H and O–H groups in total. The Labute approximate surface area is 137 Å². The second-order valence-electron chi connectivity index (χ2n) is 6.09. The van der Waals surface area contributed by atoms with Crippen LogP contribution in [0.4, 0.5) is 10.2 Å². The smallest absolute Gasteiger partial charge is 0.160 e. The Morgan fingerprint density at radius 3 is 3.21 bits per heavy atom. The Kier molecular flexibility index (Phi) is 3.85. The van der Waals surface area contributed by atoms with E-state index in [-0.39, 0.29) is 6.04 Å². The first-order valence-corrected chi connectivity index (χ1v) is 7.87. The largest absolute Gasteiger partial charge is 0.368 e. The summed E-state index contributed by atoms with van der Waals surface area (Å²) in [5, 5.41) is 14.8. The highest BCUT2D eigenvalue weighted by Gasteiger charge is 2.32. The number of hydrogen-bond donors (Lipinski definition) is 2. The molecule has 0 bridgehead atoms. The third kappa shape index (κ3) is 2.94. The maximum absolute atomic E-state index is 13.9. The Bertz CT molecular complexity index is 832. The molecule has 24 heavy (non-hydrogen) atoms. The van der Waals surface area contributed by atoms with Gasteiger partial charge in [-0.15, -0.1) is 0 Å². The number of alkyl halides is 1. The van der Waals surface area contributed by atoms with Gasteiger partial charge in [0.2, 0.25) is 0 Å². The number of nitrogens with one attached hydrogen (secondary N) is 2. The molecule has 126 valence electrons. The van der Waals surface area contributed by atoms with Crippen molar-refractivity contribution in [1.29, 1.82) is 0 Å². The molecule has 0 saturated carbocycles. The number of anilines is 1. The highest BCUT2D eigenvalue weighted by molar-refractivity contribution is 5.85. The third-order valence-electron chi connectivity index (χ3n) is 4.27. The van der Waals surface area contributed by atoms with E-state index in [1.807, 2.05) is 13.0 Å². The predicted molar refractivity (Wildman–Crippen MR) is 85.1 cm³/mol. The van der Waals surface area contributed by atoms with E-state index in [0.29, 0.717) is 37.5 Å². The zero-order valence-electron chi connectivity index (χ0n) is 13.2. The van der Waals surface area contributed by atoms with Gasteiger partial charge in [0.1, 0.15) is 18.3 Å². The number of fused-ring (bicyclic) bond motifs is 1. The highest BCUT2D eigenvalue weighted by atomic mass is 19.1. The molecular weight excluding hydrogens is 313 g/mol. The van der Waals surface area contributed by atoms with E-state index in [9.17, 15) is 4.39 Å². The number of likely N-dealkylation sites (tertiary alicyclic amines) is 1. The summed E-state index contributed by atoms with van der Waals surface area (Å²) in [6.45, 7) is 3.42. The maximum atomic E-state index is 13.9. The van der Waals surface area contributed by atoms with Crippen LogP contribution in [0.1, 0.15) is 17.9 Å². The normalized spacial score (nSPS) is 21.6. The molecule has 0 aromatic carbocycles. The molecule has 3 aromatic heterocycles. The van der Waals surface area contributed by atoms with Crippen LogP contribution in [-0.4, -0.2) is 55.5 Å². The molecule has 0 amide bonds. The van der Waals surface area contributed by atoms with Gasteiger partial charge in [-0.05, 0) is 13.3 Å². The van der Waals surface area contributed by atoms with Crippen LogP contribution in [0.25, 0.3) is 11.0 Å². The zero-order valence-corrected chi connectivity index (χ0v) is 13.2. The number of aryl methyl sites for hydroxylation is 1. The Morgan fingerprint density at radius 1 is 1.46 bits per heavy atom.